The zero-order valence-electron chi connectivity index (χ0n) is 7.67. The van der Waals surface area contributed by atoms with E-state index in [0.717, 1.165) is 21.5 Å². The Balaban J connectivity index is 2.46. The van der Waals surface area contributed by atoms with E-state index in [4.69, 9.17) is 9.47 Å². The van der Waals surface area contributed by atoms with Crippen molar-refractivity contribution in [2.75, 3.05) is 13.7 Å². The van der Waals surface area contributed by atoms with Gasteiger partial charge in [0.2, 0.25) is 0 Å². The van der Waals surface area contributed by atoms with E-state index in [1.54, 1.807) is 7.11 Å². The number of halogens is 1. The SMILES string of the molecule is COc1cc2c(cc1Br)OCC(=O)C2. The van der Waals surface area contributed by atoms with Gasteiger partial charge in [-0.15, -0.1) is 0 Å². The van der Waals surface area contributed by atoms with Crippen LogP contribution in [-0.4, -0.2) is 19.5 Å². The van der Waals surface area contributed by atoms with E-state index in [0.29, 0.717) is 6.42 Å². The third-order valence-electron chi connectivity index (χ3n) is 2.11. The number of Topliss-reactive ketones (excluding diaryl/α,β-unsaturated/α-hetero) is 1. The molecule has 0 aliphatic carbocycles. The first-order chi connectivity index (χ1) is 6.70. The Morgan fingerprint density at radius 2 is 2.29 bits per heavy atom. The number of ether oxygens (including phenoxy) is 2. The van der Waals surface area contributed by atoms with Crippen molar-refractivity contribution in [1.82, 2.24) is 0 Å². The zero-order valence-corrected chi connectivity index (χ0v) is 9.26. The summed E-state index contributed by atoms with van der Waals surface area (Å²) >= 11 is 3.36. The molecule has 0 bridgehead atoms. The molecule has 4 heteroatoms. The molecule has 0 N–H and O–H groups in total. The Morgan fingerprint density at radius 1 is 1.50 bits per heavy atom. The van der Waals surface area contributed by atoms with Crippen LogP contribution in [-0.2, 0) is 11.2 Å². The topological polar surface area (TPSA) is 35.5 Å². The minimum Gasteiger partial charge on any atom is -0.496 e. The highest BCUT2D eigenvalue weighted by Gasteiger charge is 2.18. The molecule has 0 fully saturated rings. The van der Waals surface area contributed by atoms with Gasteiger partial charge in [-0.2, -0.15) is 0 Å². The van der Waals surface area contributed by atoms with E-state index >= 15 is 0 Å². The van der Waals surface area contributed by atoms with Gasteiger partial charge in [0.05, 0.1) is 11.6 Å². The predicted octanol–water partition coefficient (Wildman–Crippen LogP) is 1.96. The molecule has 0 amide bonds. The lowest BCUT2D eigenvalue weighted by Crippen LogP contribution is -2.20. The van der Waals surface area contributed by atoms with Crippen molar-refractivity contribution >= 4 is 21.7 Å². The van der Waals surface area contributed by atoms with E-state index in [1.165, 1.54) is 0 Å². The molecule has 2 rings (SSSR count). The van der Waals surface area contributed by atoms with Crippen molar-refractivity contribution in [3.63, 3.8) is 0 Å². The van der Waals surface area contributed by atoms with Crippen molar-refractivity contribution in [1.29, 1.82) is 0 Å². The van der Waals surface area contributed by atoms with Crippen LogP contribution in [0.15, 0.2) is 16.6 Å². The first-order valence-corrected chi connectivity index (χ1v) is 5.01. The summed E-state index contributed by atoms with van der Waals surface area (Å²) < 4.78 is 11.3. The smallest absolute Gasteiger partial charge is 0.174 e. The Bertz CT molecular complexity index is 387. The van der Waals surface area contributed by atoms with E-state index in [-0.39, 0.29) is 12.4 Å². The van der Waals surface area contributed by atoms with Crippen molar-refractivity contribution in [3.8, 4) is 11.5 Å². The number of hydrogen-bond donors (Lipinski definition) is 0. The number of ketones is 1. The Kier molecular flexibility index (Phi) is 2.46. The molecule has 1 aliphatic heterocycles. The van der Waals surface area contributed by atoms with Crippen LogP contribution in [0.4, 0.5) is 0 Å². The molecular formula is C10H9BrO3. The molecule has 0 saturated heterocycles. The molecule has 74 valence electrons. The van der Waals surface area contributed by atoms with Crippen LogP contribution in [0, 0.1) is 0 Å². The number of methoxy groups -OCH3 is 1. The van der Waals surface area contributed by atoms with E-state index in [2.05, 4.69) is 15.9 Å². The first kappa shape index (κ1) is 9.52. The Morgan fingerprint density at radius 3 is 3.00 bits per heavy atom. The second-order valence-corrected chi connectivity index (χ2v) is 3.95. The summed E-state index contributed by atoms with van der Waals surface area (Å²) in [6.45, 7) is 0.172. The Hall–Kier alpha value is -1.03. The van der Waals surface area contributed by atoms with Crippen molar-refractivity contribution in [2.24, 2.45) is 0 Å². The van der Waals surface area contributed by atoms with Crippen LogP contribution in [0.3, 0.4) is 0 Å². The molecule has 0 saturated carbocycles. The van der Waals surface area contributed by atoms with Crippen LogP contribution in [0.1, 0.15) is 5.56 Å². The third kappa shape index (κ3) is 1.62. The number of carbonyl (C=O) groups is 1. The summed E-state index contributed by atoms with van der Waals surface area (Å²) in [5, 5.41) is 0. The van der Waals surface area contributed by atoms with Gasteiger partial charge in [0.15, 0.2) is 5.78 Å². The minimum atomic E-state index is 0.0990. The maximum Gasteiger partial charge on any atom is 0.174 e. The summed E-state index contributed by atoms with van der Waals surface area (Å²) in [7, 11) is 1.60. The average Bonchev–Trinajstić information content (AvgIpc) is 2.17. The fourth-order valence-electron chi connectivity index (χ4n) is 1.43. The average molecular weight is 257 g/mol. The van der Waals surface area contributed by atoms with Crippen LogP contribution in [0.2, 0.25) is 0 Å². The Labute approximate surface area is 90.1 Å². The largest absolute Gasteiger partial charge is 0.496 e. The highest BCUT2D eigenvalue weighted by atomic mass is 79.9. The van der Waals surface area contributed by atoms with Gasteiger partial charge in [-0.3, -0.25) is 4.79 Å². The minimum absolute atomic E-state index is 0.0990. The van der Waals surface area contributed by atoms with Gasteiger partial charge in [0.1, 0.15) is 18.1 Å². The molecule has 14 heavy (non-hydrogen) atoms. The van der Waals surface area contributed by atoms with Gasteiger partial charge in [-0.05, 0) is 28.1 Å². The number of rotatable bonds is 1. The van der Waals surface area contributed by atoms with Gasteiger partial charge in [-0.25, -0.2) is 0 Å². The molecule has 3 nitrogen and oxygen atoms in total. The van der Waals surface area contributed by atoms with Crippen LogP contribution in [0.25, 0.3) is 0 Å². The maximum absolute atomic E-state index is 11.1. The standard InChI is InChI=1S/C10H9BrO3/c1-13-10-3-6-2-7(12)5-14-9(6)4-8(10)11/h3-4H,2,5H2,1H3. The van der Waals surface area contributed by atoms with Crippen LogP contribution < -0.4 is 9.47 Å². The number of hydrogen-bond acceptors (Lipinski definition) is 3. The molecule has 0 radical (unpaired) electrons. The third-order valence-corrected chi connectivity index (χ3v) is 2.73. The summed E-state index contributed by atoms with van der Waals surface area (Å²) in [6.07, 6.45) is 0.430. The highest BCUT2D eigenvalue weighted by molar-refractivity contribution is 9.10. The summed E-state index contributed by atoms with van der Waals surface area (Å²) in [6, 6.07) is 3.66. The normalized spacial score (nSPS) is 14.6. The lowest BCUT2D eigenvalue weighted by molar-refractivity contribution is -0.121. The molecule has 0 spiro atoms. The molecular weight excluding hydrogens is 248 g/mol. The monoisotopic (exact) mass is 256 g/mol. The number of carbonyl (C=O) groups excluding carboxylic acids is 1. The molecule has 1 aromatic rings. The van der Waals surface area contributed by atoms with Crippen LogP contribution >= 0.6 is 15.9 Å². The second kappa shape index (κ2) is 3.61. The van der Waals surface area contributed by atoms with Gasteiger partial charge in [0.25, 0.3) is 0 Å². The number of benzene rings is 1. The quantitative estimate of drug-likeness (QED) is 0.771. The molecule has 1 aliphatic rings. The van der Waals surface area contributed by atoms with Gasteiger partial charge >= 0.3 is 0 Å². The maximum atomic E-state index is 11.1. The van der Waals surface area contributed by atoms with E-state index < -0.39 is 0 Å². The molecule has 0 aromatic heterocycles. The van der Waals surface area contributed by atoms with E-state index in [1.807, 2.05) is 12.1 Å². The highest BCUT2D eigenvalue weighted by Crippen LogP contribution is 2.34. The van der Waals surface area contributed by atoms with Crippen molar-refractivity contribution < 1.29 is 14.3 Å². The number of fused-ring (bicyclic) bond motifs is 1. The molecule has 1 heterocycles. The van der Waals surface area contributed by atoms with E-state index in [9.17, 15) is 4.79 Å². The molecule has 1 aromatic carbocycles. The zero-order chi connectivity index (χ0) is 10.1. The lowest BCUT2D eigenvalue weighted by Gasteiger charge is -2.17. The molecule has 0 unspecified atom stereocenters. The van der Waals surface area contributed by atoms with Gasteiger partial charge < -0.3 is 9.47 Å². The molecule has 0 atom stereocenters. The summed E-state index contributed by atoms with van der Waals surface area (Å²) in [5.74, 6) is 1.58. The summed E-state index contributed by atoms with van der Waals surface area (Å²) in [4.78, 5) is 11.1. The fourth-order valence-corrected chi connectivity index (χ4v) is 1.91. The van der Waals surface area contributed by atoms with Gasteiger partial charge in [-0.1, -0.05) is 0 Å². The first-order valence-electron chi connectivity index (χ1n) is 4.21. The predicted molar refractivity (Wildman–Crippen MR) is 54.9 cm³/mol. The lowest BCUT2D eigenvalue weighted by atomic mass is 10.1. The second-order valence-electron chi connectivity index (χ2n) is 3.10. The summed E-state index contributed by atoms with van der Waals surface area (Å²) in [5.41, 5.74) is 0.890. The van der Waals surface area contributed by atoms with Crippen molar-refractivity contribution in [2.45, 2.75) is 6.42 Å². The van der Waals surface area contributed by atoms with Crippen LogP contribution in [0.5, 0.6) is 11.5 Å². The van der Waals surface area contributed by atoms with Crippen molar-refractivity contribution in [3.05, 3.63) is 22.2 Å². The van der Waals surface area contributed by atoms with Gasteiger partial charge in [0, 0.05) is 12.0 Å². The fraction of sp³-hybridized carbons (Fsp3) is 0.300.